The smallest absolute Gasteiger partial charge is 0.157 e. The summed E-state index contributed by atoms with van der Waals surface area (Å²) in [7, 11) is 3.31. The number of hydrogen-bond donors (Lipinski definition) is 1. The van der Waals surface area contributed by atoms with Crippen LogP contribution in [0.1, 0.15) is 50.0 Å². The van der Waals surface area contributed by atoms with E-state index in [1.165, 1.54) is 24.8 Å². The van der Waals surface area contributed by atoms with Crippen LogP contribution in [0.5, 0.6) is 0 Å². The van der Waals surface area contributed by atoms with E-state index in [1.807, 2.05) is 18.2 Å². The third-order valence-corrected chi connectivity index (χ3v) is 4.74. The van der Waals surface area contributed by atoms with Crippen molar-refractivity contribution >= 4 is 0 Å². The first kappa shape index (κ1) is 16.5. The van der Waals surface area contributed by atoms with E-state index in [4.69, 9.17) is 9.47 Å². The molecule has 1 aromatic rings. The van der Waals surface area contributed by atoms with Crippen LogP contribution in [0.25, 0.3) is 0 Å². The lowest BCUT2D eigenvalue weighted by molar-refractivity contribution is -0.117. The molecule has 1 aromatic carbocycles. The Morgan fingerprint density at radius 2 is 1.67 bits per heavy atom. The largest absolute Gasteiger partial charge is 0.392 e. The van der Waals surface area contributed by atoms with E-state index < -0.39 is 0 Å². The van der Waals surface area contributed by atoms with Gasteiger partial charge in [-0.1, -0.05) is 49.6 Å². The van der Waals surface area contributed by atoms with Gasteiger partial charge in [-0.25, -0.2) is 0 Å². The molecule has 0 saturated heterocycles. The molecule has 1 N–H and O–H groups in total. The third-order valence-electron chi connectivity index (χ3n) is 4.74. The number of rotatable bonds is 7. The van der Waals surface area contributed by atoms with Gasteiger partial charge in [-0.05, 0) is 24.3 Å². The van der Waals surface area contributed by atoms with Crippen LogP contribution >= 0.6 is 0 Å². The van der Waals surface area contributed by atoms with E-state index in [0.717, 1.165) is 12.8 Å². The molecule has 0 spiro atoms. The van der Waals surface area contributed by atoms with E-state index in [0.29, 0.717) is 12.3 Å². The summed E-state index contributed by atoms with van der Waals surface area (Å²) >= 11 is 0. The van der Waals surface area contributed by atoms with Crippen molar-refractivity contribution in [1.82, 2.24) is 0 Å². The highest BCUT2D eigenvalue weighted by molar-refractivity contribution is 5.21. The fourth-order valence-corrected chi connectivity index (χ4v) is 3.47. The fraction of sp³-hybridized carbons (Fsp3) is 0.667. The molecule has 2 rings (SSSR count). The molecule has 0 radical (unpaired) electrons. The highest BCUT2D eigenvalue weighted by Gasteiger charge is 2.31. The number of methoxy groups -OCH3 is 2. The Morgan fingerprint density at radius 3 is 2.24 bits per heavy atom. The van der Waals surface area contributed by atoms with Crippen molar-refractivity contribution in [1.29, 1.82) is 0 Å². The van der Waals surface area contributed by atoms with Gasteiger partial charge in [0, 0.05) is 26.6 Å². The maximum absolute atomic E-state index is 10.9. The van der Waals surface area contributed by atoms with Crippen molar-refractivity contribution in [2.45, 2.75) is 56.8 Å². The molecule has 1 fully saturated rings. The molecule has 2 unspecified atom stereocenters. The molecular formula is C18H28O3. The highest BCUT2D eigenvalue weighted by Crippen LogP contribution is 2.36. The van der Waals surface area contributed by atoms with E-state index in [9.17, 15) is 5.11 Å². The van der Waals surface area contributed by atoms with E-state index in [1.54, 1.807) is 14.2 Å². The van der Waals surface area contributed by atoms with Gasteiger partial charge in [-0.3, -0.25) is 0 Å². The van der Waals surface area contributed by atoms with Crippen LogP contribution in [0.15, 0.2) is 30.3 Å². The monoisotopic (exact) mass is 292 g/mol. The van der Waals surface area contributed by atoms with Gasteiger partial charge in [0.25, 0.3) is 0 Å². The molecule has 118 valence electrons. The zero-order valence-corrected chi connectivity index (χ0v) is 13.2. The average Bonchev–Trinajstić information content (AvgIpc) is 2.57. The molecule has 2 atom stereocenters. The lowest BCUT2D eigenvalue weighted by atomic mass is 9.77. The predicted octanol–water partition coefficient (Wildman–Crippen LogP) is 3.72. The summed E-state index contributed by atoms with van der Waals surface area (Å²) in [5, 5.41) is 10.9. The van der Waals surface area contributed by atoms with Crippen LogP contribution in [0.4, 0.5) is 0 Å². The normalized spacial score (nSPS) is 19.6. The molecule has 3 nitrogen and oxygen atoms in total. The van der Waals surface area contributed by atoms with Crippen molar-refractivity contribution in [2.24, 2.45) is 5.92 Å². The summed E-state index contributed by atoms with van der Waals surface area (Å²) in [6, 6.07) is 10.3. The third kappa shape index (κ3) is 4.53. The molecule has 0 aromatic heterocycles. The maximum atomic E-state index is 10.9. The molecule has 0 amide bonds. The summed E-state index contributed by atoms with van der Waals surface area (Å²) in [4.78, 5) is 0. The van der Waals surface area contributed by atoms with Gasteiger partial charge in [-0.15, -0.1) is 0 Å². The molecule has 1 aliphatic rings. The average molecular weight is 292 g/mol. The second-order valence-electron chi connectivity index (χ2n) is 6.04. The minimum atomic E-state index is -0.319. The summed E-state index contributed by atoms with van der Waals surface area (Å²) in [5.74, 6) is 0.470. The molecule has 3 heteroatoms. The fourth-order valence-electron chi connectivity index (χ4n) is 3.47. The van der Waals surface area contributed by atoms with Gasteiger partial charge in [0.2, 0.25) is 0 Å². The van der Waals surface area contributed by atoms with Crippen molar-refractivity contribution in [3.05, 3.63) is 35.9 Å². The van der Waals surface area contributed by atoms with Crippen molar-refractivity contribution < 1.29 is 14.6 Å². The zero-order valence-electron chi connectivity index (χ0n) is 13.2. The Labute approximate surface area is 128 Å². The van der Waals surface area contributed by atoms with Gasteiger partial charge in [0.05, 0.1) is 6.10 Å². The molecular weight excluding hydrogens is 264 g/mol. The summed E-state index contributed by atoms with van der Waals surface area (Å²) in [6.45, 7) is 0. The van der Waals surface area contributed by atoms with Crippen LogP contribution in [-0.4, -0.2) is 31.7 Å². The lowest BCUT2D eigenvalue weighted by Gasteiger charge is -2.34. The lowest BCUT2D eigenvalue weighted by Crippen LogP contribution is -2.32. The van der Waals surface area contributed by atoms with Gasteiger partial charge >= 0.3 is 0 Å². The first-order valence-electron chi connectivity index (χ1n) is 8.05. The minimum absolute atomic E-state index is 0.0687. The van der Waals surface area contributed by atoms with Gasteiger partial charge in [0.15, 0.2) is 6.29 Å². The standard InChI is InChI=1S/C18H28O3/c1-20-17(21-2)13-16(14-9-5-3-6-10-14)18(19)15-11-7-4-8-12-15/h3,5-6,9-10,15-19H,4,7-8,11-13H2,1-2H3. The van der Waals surface area contributed by atoms with E-state index in [2.05, 4.69) is 12.1 Å². The molecule has 0 bridgehead atoms. The second kappa shape index (κ2) is 8.52. The van der Waals surface area contributed by atoms with Crippen molar-refractivity contribution in [2.75, 3.05) is 14.2 Å². The number of aliphatic hydroxyl groups excluding tert-OH is 1. The van der Waals surface area contributed by atoms with Gasteiger partial charge in [-0.2, -0.15) is 0 Å². The van der Waals surface area contributed by atoms with Crippen LogP contribution in [0, 0.1) is 5.92 Å². The number of aliphatic hydroxyl groups is 1. The van der Waals surface area contributed by atoms with Crippen molar-refractivity contribution in [3.63, 3.8) is 0 Å². The topological polar surface area (TPSA) is 38.7 Å². The van der Waals surface area contributed by atoms with Crippen LogP contribution in [-0.2, 0) is 9.47 Å². The molecule has 0 heterocycles. The molecule has 0 aliphatic heterocycles. The SMILES string of the molecule is COC(CC(c1ccccc1)C(O)C1CCCCC1)OC. The Kier molecular flexibility index (Phi) is 6.68. The van der Waals surface area contributed by atoms with Crippen LogP contribution in [0.2, 0.25) is 0 Å². The number of ether oxygens (including phenoxy) is 2. The van der Waals surface area contributed by atoms with Crippen molar-refractivity contribution in [3.8, 4) is 0 Å². The predicted molar refractivity (Wildman–Crippen MR) is 84.2 cm³/mol. The first-order valence-corrected chi connectivity index (χ1v) is 8.05. The van der Waals surface area contributed by atoms with E-state index in [-0.39, 0.29) is 18.3 Å². The number of hydrogen-bond acceptors (Lipinski definition) is 3. The second-order valence-corrected chi connectivity index (χ2v) is 6.04. The number of benzene rings is 1. The molecule has 21 heavy (non-hydrogen) atoms. The summed E-state index contributed by atoms with van der Waals surface area (Å²) in [6.07, 6.45) is 6.15. The maximum Gasteiger partial charge on any atom is 0.157 e. The van der Waals surface area contributed by atoms with Gasteiger partial charge < -0.3 is 14.6 Å². The Morgan fingerprint density at radius 1 is 1.05 bits per heavy atom. The summed E-state index contributed by atoms with van der Waals surface area (Å²) in [5.41, 5.74) is 1.18. The van der Waals surface area contributed by atoms with Gasteiger partial charge in [0.1, 0.15) is 0 Å². The quantitative estimate of drug-likeness (QED) is 0.778. The highest BCUT2D eigenvalue weighted by atomic mass is 16.7. The Hall–Kier alpha value is -0.900. The minimum Gasteiger partial charge on any atom is -0.392 e. The van der Waals surface area contributed by atoms with Crippen LogP contribution in [0.3, 0.4) is 0 Å². The van der Waals surface area contributed by atoms with E-state index >= 15 is 0 Å². The zero-order chi connectivity index (χ0) is 15.1. The molecule has 1 aliphatic carbocycles. The molecule has 1 saturated carbocycles. The first-order chi connectivity index (χ1) is 10.3. The Bertz CT molecular complexity index is 383. The Balaban J connectivity index is 2.14. The van der Waals surface area contributed by atoms with Crippen LogP contribution < -0.4 is 0 Å². The summed E-state index contributed by atoms with van der Waals surface area (Å²) < 4.78 is 10.7.